The van der Waals surface area contributed by atoms with Gasteiger partial charge in [-0.3, -0.25) is 9.52 Å². The highest BCUT2D eigenvalue weighted by Crippen LogP contribution is 2.20. The second-order valence-corrected chi connectivity index (χ2v) is 7.67. The number of carbonyl (C=O) groups is 1. The van der Waals surface area contributed by atoms with Gasteiger partial charge in [-0.2, -0.15) is 0 Å². The molecule has 8 nitrogen and oxygen atoms in total. The van der Waals surface area contributed by atoms with E-state index in [2.05, 4.69) is 9.46 Å². The molecule has 1 aromatic rings. The highest BCUT2D eigenvalue weighted by Gasteiger charge is 2.16. The Balaban J connectivity index is 2.91. The van der Waals surface area contributed by atoms with Crippen molar-refractivity contribution in [3.05, 3.63) is 23.8 Å². The average Bonchev–Trinajstić information content (AvgIpc) is 2.37. The van der Waals surface area contributed by atoms with Crippen molar-refractivity contribution in [2.24, 2.45) is 5.14 Å². The van der Waals surface area contributed by atoms with Crippen molar-refractivity contribution >= 4 is 31.7 Å². The van der Waals surface area contributed by atoms with Crippen LogP contribution in [0.5, 0.6) is 0 Å². The predicted molar refractivity (Wildman–Crippen MR) is 76.6 cm³/mol. The quantitative estimate of drug-likeness (QED) is 0.700. The number of carbonyl (C=O) groups excluding carboxylic acids is 1. The third kappa shape index (κ3) is 5.33. The van der Waals surface area contributed by atoms with Gasteiger partial charge >= 0.3 is 5.97 Å². The molecule has 0 aliphatic rings. The zero-order valence-electron chi connectivity index (χ0n) is 11.5. The van der Waals surface area contributed by atoms with E-state index in [0.29, 0.717) is 5.56 Å². The molecule has 0 bridgehead atoms. The van der Waals surface area contributed by atoms with Crippen LogP contribution in [0.15, 0.2) is 23.1 Å². The first-order valence-electron chi connectivity index (χ1n) is 5.76. The molecule has 1 rings (SSSR count). The van der Waals surface area contributed by atoms with Crippen LogP contribution in [0.2, 0.25) is 0 Å². The Morgan fingerprint density at radius 1 is 1.29 bits per heavy atom. The number of hydrogen-bond donors (Lipinski definition) is 2. The number of nitrogens with two attached hydrogens (primary N) is 1. The lowest BCUT2D eigenvalue weighted by atomic mass is 10.2. The summed E-state index contributed by atoms with van der Waals surface area (Å²) in [5.41, 5.74) is 0.607. The molecule has 0 atom stereocenters. The molecular weight excluding hydrogens is 320 g/mol. The van der Waals surface area contributed by atoms with Crippen molar-refractivity contribution in [3.8, 4) is 0 Å². The molecule has 0 heterocycles. The van der Waals surface area contributed by atoms with E-state index in [4.69, 9.17) is 5.14 Å². The highest BCUT2D eigenvalue weighted by molar-refractivity contribution is 7.92. The van der Waals surface area contributed by atoms with E-state index >= 15 is 0 Å². The molecule has 0 aromatic heterocycles. The smallest absolute Gasteiger partial charge is 0.306 e. The Kier molecular flexibility index (Phi) is 5.31. The van der Waals surface area contributed by atoms with Gasteiger partial charge in [0.15, 0.2) is 0 Å². The number of primary sulfonamides is 1. The minimum Gasteiger partial charge on any atom is -0.469 e. The molecule has 0 radical (unpaired) electrons. The molecule has 3 N–H and O–H groups in total. The summed E-state index contributed by atoms with van der Waals surface area (Å²) in [6.07, 6.45) is -0.278. The van der Waals surface area contributed by atoms with E-state index in [1.807, 2.05) is 0 Å². The van der Waals surface area contributed by atoms with Crippen LogP contribution < -0.4 is 9.86 Å². The fourth-order valence-electron chi connectivity index (χ4n) is 1.47. The van der Waals surface area contributed by atoms with E-state index in [1.54, 1.807) is 0 Å². The van der Waals surface area contributed by atoms with Crippen LogP contribution in [0.1, 0.15) is 12.0 Å². The lowest BCUT2D eigenvalue weighted by Gasteiger charge is -2.11. The predicted octanol–water partition coefficient (Wildman–Crippen LogP) is -0.0528. The molecular formula is C11H16N2O6S2. The Labute approximate surface area is 123 Å². The van der Waals surface area contributed by atoms with Gasteiger partial charge in [0.2, 0.25) is 20.0 Å². The van der Waals surface area contributed by atoms with E-state index in [9.17, 15) is 21.6 Å². The molecule has 0 spiro atoms. The second kappa shape index (κ2) is 6.41. The summed E-state index contributed by atoms with van der Waals surface area (Å²) in [5.74, 6) is -1.07. The zero-order valence-corrected chi connectivity index (χ0v) is 13.1. The van der Waals surface area contributed by atoms with Gasteiger partial charge in [0.25, 0.3) is 0 Å². The fourth-order valence-corrected chi connectivity index (χ4v) is 3.17. The maximum Gasteiger partial charge on any atom is 0.306 e. The number of anilines is 1. The number of rotatable bonds is 6. The molecule has 0 aliphatic heterocycles. The summed E-state index contributed by atoms with van der Waals surface area (Å²) in [6, 6.07) is 3.75. The molecule has 0 aliphatic carbocycles. The standard InChI is InChI=1S/C11H16N2O6S2/c1-8-7-9(21(12,17)18)3-4-10(8)13-20(15,16)6-5-11(14)19-2/h3-4,7,13H,5-6H2,1-2H3,(H2,12,17,18). The number of ether oxygens (including phenoxy) is 1. The summed E-state index contributed by atoms with van der Waals surface area (Å²) < 4.78 is 52.6. The normalized spacial score (nSPS) is 12.0. The molecule has 0 fully saturated rings. The lowest BCUT2D eigenvalue weighted by Crippen LogP contribution is -2.20. The Morgan fingerprint density at radius 2 is 1.90 bits per heavy atom. The number of sulfonamides is 2. The van der Waals surface area contributed by atoms with E-state index < -0.39 is 31.8 Å². The van der Waals surface area contributed by atoms with Crippen molar-refractivity contribution in [3.63, 3.8) is 0 Å². The summed E-state index contributed by atoms with van der Waals surface area (Å²) in [6.45, 7) is 1.53. The molecule has 0 unspecified atom stereocenters. The number of aryl methyl sites for hydroxylation is 1. The summed E-state index contributed by atoms with van der Waals surface area (Å²) in [4.78, 5) is 10.8. The molecule has 0 saturated carbocycles. The topological polar surface area (TPSA) is 133 Å². The molecule has 118 valence electrons. The Bertz CT molecular complexity index is 740. The number of hydrogen-bond acceptors (Lipinski definition) is 6. The number of methoxy groups -OCH3 is 1. The number of benzene rings is 1. The second-order valence-electron chi connectivity index (χ2n) is 4.27. The minimum absolute atomic E-state index is 0.113. The Hall–Kier alpha value is -1.65. The summed E-state index contributed by atoms with van der Waals surface area (Å²) >= 11 is 0. The van der Waals surface area contributed by atoms with Crippen LogP contribution in [-0.4, -0.2) is 35.7 Å². The van der Waals surface area contributed by atoms with Crippen LogP contribution in [0.4, 0.5) is 5.69 Å². The van der Waals surface area contributed by atoms with Gasteiger partial charge < -0.3 is 4.74 Å². The first kappa shape index (κ1) is 17.4. The van der Waals surface area contributed by atoms with Gasteiger partial charge in [0, 0.05) is 0 Å². The maximum absolute atomic E-state index is 11.8. The van der Waals surface area contributed by atoms with Crippen LogP contribution in [0.3, 0.4) is 0 Å². The van der Waals surface area contributed by atoms with Crippen LogP contribution in [-0.2, 0) is 29.6 Å². The SMILES string of the molecule is COC(=O)CCS(=O)(=O)Nc1ccc(S(N)(=O)=O)cc1C. The third-order valence-corrected chi connectivity index (χ3v) is 4.78. The molecule has 10 heteroatoms. The van der Waals surface area contributed by atoms with Gasteiger partial charge in [-0.1, -0.05) is 0 Å². The van der Waals surface area contributed by atoms with Crippen LogP contribution >= 0.6 is 0 Å². The lowest BCUT2D eigenvalue weighted by molar-refractivity contribution is -0.140. The zero-order chi connectivity index (χ0) is 16.3. The molecule has 21 heavy (non-hydrogen) atoms. The number of nitrogens with one attached hydrogen (secondary N) is 1. The van der Waals surface area contributed by atoms with E-state index in [1.165, 1.54) is 32.2 Å². The van der Waals surface area contributed by atoms with Crippen molar-refractivity contribution in [2.45, 2.75) is 18.2 Å². The van der Waals surface area contributed by atoms with Crippen LogP contribution in [0.25, 0.3) is 0 Å². The number of esters is 1. The summed E-state index contributed by atoms with van der Waals surface area (Å²) in [7, 11) is -6.43. The van der Waals surface area contributed by atoms with Gasteiger partial charge in [-0.25, -0.2) is 22.0 Å². The molecule has 0 saturated heterocycles. The van der Waals surface area contributed by atoms with Gasteiger partial charge in [-0.15, -0.1) is 0 Å². The minimum atomic E-state index is -3.85. The monoisotopic (exact) mass is 336 g/mol. The molecule has 1 aromatic carbocycles. The first-order chi connectivity index (χ1) is 9.55. The van der Waals surface area contributed by atoms with Gasteiger partial charge in [0.1, 0.15) is 0 Å². The van der Waals surface area contributed by atoms with Gasteiger partial charge in [-0.05, 0) is 30.7 Å². The van der Waals surface area contributed by atoms with Crippen LogP contribution in [0, 0.1) is 6.92 Å². The molecule has 0 amide bonds. The van der Waals surface area contributed by atoms with E-state index in [0.717, 1.165) is 0 Å². The van der Waals surface area contributed by atoms with E-state index in [-0.39, 0.29) is 17.0 Å². The van der Waals surface area contributed by atoms with Gasteiger partial charge in [0.05, 0.1) is 29.9 Å². The van der Waals surface area contributed by atoms with Crippen molar-refractivity contribution in [2.75, 3.05) is 17.6 Å². The third-order valence-electron chi connectivity index (χ3n) is 2.59. The Morgan fingerprint density at radius 3 is 2.38 bits per heavy atom. The van der Waals surface area contributed by atoms with Crippen molar-refractivity contribution < 1.29 is 26.4 Å². The summed E-state index contributed by atoms with van der Waals surface area (Å²) in [5, 5.41) is 4.98. The van der Waals surface area contributed by atoms with Crippen molar-refractivity contribution in [1.29, 1.82) is 0 Å². The highest BCUT2D eigenvalue weighted by atomic mass is 32.2. The fraction of sp³-hybridized carbons (Fsp3) is 0.364. The maximum atomic E-state index is 11.8. The largest absolute Gasteiger partial charge is 0.469 e. The average molecular weight is 336 g/mol. The van der Waals surface area contributed by atoms with Crippen molar-refractivity contribution in [1.82, 2.24) is 0 Å². The first-order valence-corrected chi connectivity index (χ1v) is 8.96.